The van der Waals surface area contributed by atoms with Crippen LogP contribution in [0.15, 0.2) is 67.0 Å². The van der Waals surface area contributed by atoms with E-state index in [0.29, 0.717) is 6.54 Å². The molecule has 134 valence electrons. The number of nitrogens with zero attached hydrogens (tertiary/aromatic N) is 3. The van der Waals surface area contributed by atoms with E-state index in [9.17, 15) is 0 Å². The Morgan fingerprint density at radius 1 is 0.926 bits per heavy atom. The minimum Gasteiger partial charge on any atom is -0.363 e. The summed E-state index contributed by atoms with van der Waals surface area (Å²) in [6.45, 7) is 4.77. The maximum atomic E-state index is 4.73. The average Bonchev–Trinajstić information content (AvgIpc) is 3.16. The summed E-state index contributed by atoms with van der Waals surface area (Å²) in [7, 11) is 0. The summed E-state index contributed by atoms with van der Waals surface area (Å²) in [5.74, 6) is 0.736. The molecule has 0 saturated carbocycles. The Bertz CT molecular complexity index is 1030. The first-order chi connectivity index (χ1) is 13.2. The first kappa shape index (κ1) is 17.0. The van der Waals surface area contributed by atoms with Crippen molar-refractivity contribution in [1.29, 1.82) is 0 Å². The van der Waals surface area contributed by atoms with Crippen LogP contribution in [-0.4, -0.2) is 20.2 Å². The molecule has 0 saturated heterocycles. The van der Waals surface area contributed by atoms with Gasteiger partial charge in [-0.05, 0) is 36.6 Å². The van der Waals surface area contributed by atoms with Gasteiger partial charge in [0.2, 0.25) is 0 Å². The Morgan fingerprint density at radius 3 is 2.48 bits per heavy atom. The van der Waals surface area contributed by atoms with Crippen LogP contribution in [0.25, 0.3) is 22.5 Å². The number of anilines is 1. The molecule has 0 aliphatic heterocycles. The zero-order valence-corrected chi connectivity index (χ0v) is 15.4. The molecule has 5 nitrogen and oxygen atoms in total. The fourth-order valence-corrected chi connectivity index (χ4v) is 3.19. The van der Waals surface area contributed by atoms with Crippen molar-refractivity contribution in [3.05, 3.63) is 83.8 Å². The van der Waals surface area contributed by atoms with E-state index >= 15 is 0 Å². The molecule has 2 N–H and O–H groups in total. The predicted octanol–water partition coefficient (Wildman–Crippen LogP) is 4.76. The van der Waals surface area contributed by atoms with Crippen molar-refractivity contribution in [1.82, 2.24) is 20.2 Å². The van der Waals surface area contributed by atoms with Crippen LogP contribution in [0.1, 0.15) is 16.8 Å². The molecular weight excluding hydrogens is 334 g/mol. The summed E-state index contributed by atoms with van der Waals surface area (Å²) in [4.78, 5) is 9.09. The van der Waals surface area contributed by atoms with Gasteiger partial charge in [0, 0.05) is 5.56 Å². The van der Waals surface area contributed by atoms with Crippen molar-refractivity contribution in [2.45, 2.75) is 20.4 Å². The van der Waals surface area contributed by atoms with E-state index in [1.807, 2.05) is 30.5 Å². The Hall–Kier alpha value is -3.47. The summed E-state index contributed by atoms with van der Waals surface area (Å²) < 4.78 is 0. The van der Waals surface area contributed by atoms with Crippen molar-refractivity contribution >= 4 is 5.82 Å². The van der Waals surface area contributed by atoms with Crippen LogP contribution in [0.4, 0.5) is 5.82 Å². The van der Waals surface area contributed by atoms with E-state index in [4.69, 9.17) is 4.98 Å². The summed E-state index contributed by atoms with van der Waals surface area (Å²) in [6, 6.07) is 18.5. The van der Waals surface area contributed by atoms with Gasteiger partial charge in [0.1, 0.15) is 5.82 Å². The largest absolute Gasteiger partial charge is 0.363 e. The number of aromatic amines is 1. The molecule has 0 atom stereocenters. The molecule has 2 aromatic heterocycles. The van der Waals surface area contributed by atoms with Crippen LogP contribution in [-0.2, 0) is 6.54 Å². The Labute approximate surface area is 158 Å². The highest BCUT2D eigenvalue weighted by molar-refractivity contribution is 5.67. The third-order valence-corrected chi connectivity index (χ3v) is 4.54. The van der Waals surface area contributed by atoms with Crippen molar-refractivity contribution in [3.8, 4) is 22.5 Å². The third-order valence-electron chi connectivity index (χ3n) is 4.54. The topological polar surface area (TPSA) is 66.5 Å². The lowest BCUT2D eigenvalue weighted by Crippen LogP contribution is -2.03. The zero-order chi connectivity index (χ0) is 18.6. The number of H-pyrrole nitrogens is 1. The Kier molecular flexibility index (Phi) is 4.66. The van der Waals surface area contributed by atoms with Gasteiger partial charge in [-0.2, -0.15) is 5.10 Å². The van der Waals surface area contributed by atoms with Crippen LogP contribution >= 0.6 is 0 Å². The van der Waals surface area contributed by atoms with Crippen LogP contribution < -0.4 is 5.32 Å². The van der Waals surface area contributed by atoms with E-state index in [0.717, 1.165) is 34.0 Å². The Balaban J connectivity index is 1.51. The molecule has 0 bridgehead atoms. The first-order valence-corrected chi connectivity index (χ1v) is 8.93. The van der Waals surface area contributed by atoms with Crippen LogP contribution in [0, 0.1) is 13.8 Å². The van der Waals surface area contributed by atoms with Gasteiger partial charge >= 0.3 is 0 Å². The quantitative estimate of drug-likeness (QED) is 0.541. The average molecular weight is 355 g/mol. The molecule has 0 amide bonds. The number of hydrogen-bond acceptors (Lipinski definition) is 4. The molecule has 2 aromatic carbocycles. The van der Waals surface area contributed by atoms with E-state index in [1.54, 1.807) is 6.20 Å². The maximum absolute atomic E-state index is 4.73. The normalized spacial score (nSPS) is 10.7. The van der Waals surface area contributed by atoms with E-state index in [1.165, 1.54) is 11.1 Å². The second kappa shape index (κ2) is 7.41. The lowest BCUT2D eigenvalue weighted by molar-refractivity contribution is 0.973. The number of rotatable bonds is 5. The molecular formula is C22H21N5. The Morgan fingerprint density at radius 2 is 1.70 bits per heavy atom. The number of benzene rings is 2. The minimum atomic E-state index is 0.578. The molecule has 4 rings (SSSR count). The molecule has 0 spiro atoms. The summed E-state index contributed by atoms with van der Waals surface area (Å²) in [6.07, 6.45) is 3.55. The molecule has 0 unspecified atom stereocenters. The molecule has 0 aliphatic rings. The zero-order valence-electron chi connectivity index (χ0n) is 15.4. The second-order valence-electron chi connectivity index (χ2n) is 6.55. The minimum absolute atomic E-state index is 0.578. The highest BCUT2D eigenvalue weighted by Crippen LogP contribution is 2.25. The van der Waals surface area contributed by atoms with Crippen molar-refractivity contribution in [2.75, 3.05) is 5.32 Å². The standard InChI is InChI=1S/C22H21N5/c1-15-7-6-8-16(2)22(15)20-13-23-14-21(25-20)24-12-18-11-19(27-26-18)17-9-4-3-5-10-17/h3-11,13-14H,12H2,1-2H3,(H,24,25)(H,26,27). The van der Waals surface area contributed by atoms with Gasteiger partial charge in [0.25, 0.3) is 0 Å². The molecule has 4 aromatic rings. The van der Waals surface area contributed by atoms with Gasteiger partial charge in [0.15, 0.2) is 0 Å². The predicted molar refractivity (Wildman–Crippen MR) is 108 cm³/mol. The van der Waals surface area contributed by atoms with E-state index in [2.05, 4.69) is 64.7 Å². The fraction of sp³-hybridized carbons (Fsp3) is 0.136. The van der Waals surface area contributed by atoms with Gasteiger partial charge < -0.3 is 5.32 Å². The van der Waals surface area contributed by atoms with Gasteiger partial charge in [-0.3, -0.25) is 10.1 Å². The molecule has 5 heteroatoms. The van der Waals surface area contributed by atoms with E-state index < -0.39 is 0 Å². The molecule has 0 aliphatic carbocycles. The fourth-order valence-electron chi connectivity index (χ4n) is 3.19. The van der Waals surface area contributed by atoms with Crippen LogP contribution in [0.3, 0.4) is 0 Å². The molecule has 0 radical (unpaired) electrons. The second-order valence-corrected chi connectivity index (χ2v) is 6.55. The number of aryl methyl sites for hydroxylation is 2. The van der Waals surface area contributed by atoms with Gasteiger partial charge in [-0.25, -0.2) is 4.98 Å². The van der Waals surface area contributed by atoms with Gasteiger partial charge in [-0.1, -0.05) is 48.5 Å². The molecule has 0 fully saturated rings. The summed E-state index contributed by atoms with van der Waals surface area (Å²) >= 11 is 0. The van der Waals surface area contributed by atoms with Crippen molar-refractivity contribution < 1.29 is 0 Å². The smallest absolute Gasteiger partial charge is 0.145 e. The number of aromatic nitrogens is 4. The van der Waals surface area contributed by atoms with Crippen molar-refractivity contribution in [3.63, 3.8) is 0 Å². The van der Waals surface area contributed by atoms with Gasteiger partial charge in [0.05, 0.1) is 36.0 Å². The van der Waals surface area contributed by atoms with Gasteiger partial charge in [-0.15, -0.1) is 0 Å². The monoisotopic (exact) mass is 355 g/mol. The molecule has 27 heavy (non-hydrogen) atoms. The van der Waals surface area contributed by atoms with Crippen LogP contribution in [0.5, 0.6) is 0 Å². The highest BCUT2D eigenvalue weighted by atomic mass is 15.1. The first-order valence-electron chi connectivity index (χ1n) is 8.93. The number of nitrogens with one attached hydrogen (secondary N) is 2. The van der Waals surface area contributed by atoms with E-state index in [-0.39, 0.29) is 0 Å². The summed E-state index contributed by atoms with van der Waals surface area (Å²) in [5, 5.41) is 10.8. The highest BCUT2D eigenvalue weighted by Gasteiger charge is 2.09. The SMILES string of the molecule is Cc1cccc(C)c1-c1cncc(NCc2cc(-c3ccccc3)[nH]n2)n1. The lowest BCUT2D eigenvalue weighted by atomic mass is 10.0. The third kappa shape index (κ3) is 3.72. The maximum Gasteiger partial charge on any atom is 0.145 e. The van der Waals surface area contributed by atoms with Crippen molar-refractivity contribution in [2.24, 2.45) is 0 Å². The lowest BCUT2D eigenvalue weighted by Gasteiger charge is -2.10. The van der Waals surface area contributed by atoms with Crippen LogP contribution in [0.2, 0.25) is 0 Å². The molecule has 2 heterocycles. The number of hydrogen-bond donors (Lipinski definition) is 2. The summed E-state index contributed by atoms with van der Waals surface area (Å²) in [5.41, 5.74) is 7.45.